The lowest BCUT2D eigenvalue weighted by atomic mass is 9.98. The Hall–Kier alpha value is -3.84. The second-order valence-corrected chi connectivity index (χ2v) is 8.64. The monoisotopic (exact) mass is 493 g/mol. The van der Waals surface area contributed by atoms with E-state index in [4.69, 9.17) is 25.5 Å². The summed E-state index contributed by atoms with van der Waals surface area (Å²) in [5, 5.41) is 0.676. The second-order valence-electron chi connectivity index (χ2n) is 8.21. The number of hydrogen-bond donors (Lipinski definition) is 0. The highest BCUT2D eigenvalue weighted by atomic mass is 35.5. The molecule has 1 aliphatic heterocycles. The molecule has 6 nitrogen and oxygen atoms in total. The minimum atomic E-state index is -0.724. The number of methoxy groups -OCH3 is 2. The van der Waals surface area contributed by atoms with E-state index in [0.717, 1.165) is 5.56 Å². The molecule has 5 rings (SSSR count). The molecule has 1 atom stereocenters. The van der Waals surface area contributed by atoms with E-state index in [1.54, 1.807) is 49.5 Å². The third-order valence-electron chi connectivity index (χ3n) is 6.20. The van der Waals surface area contributed by atoms with Crippen LogP contribution in [0.1, 0.15) is 33.3 Å². The lowest BCUT2D eigenvalue weighted by molar-refractivity contribution is 0.0730. The molecule has 8 heteroatoms. The van der Waals surface area contributed by atoms with Crippen LogP contribution in [0.2, 0.25) is 5.02 Å². The number of ether oxygens (including phenoxy) is 2. The zero-order valence-corrected chi connectivity index (χ0v) is 19.8. The third-order valence-corrected chi connectivity index (χ3v) is 6.44. The van der Waals surface area contributed by atoms with Crippen molar-refractivity contribution in [2.24, 2.45) is 0 Å². The van der Waals surface area contributed by atoms with Crippen LogP contribution >= 0.6 is 11.6 Å². The Balaban J connectivity index is 1.58. The van der Waals surface area contributed by atoms with E-state index in [1.807, 2.05) is 12.1 Å². The maximum atomic E-state index is 13.7. The van der Waals surface area contributed by atoms with Crippen molar-refractivity contribution in [2.45, 2.75) is 12.5 Å². The molecule has 0 aliphatic carbocycles. The second kappa shape index (κ2) is 9.07. The first-order valence-electron chi connectivity index (χ1n) is 10.9. The molecule has 0 fully saturated rings. The van der Waals surface area contributed by atoms with E-state index in [1.165, 1.54) is 18.2 Å². The number of hydrogen-bond acceptors (Lipinski definition) is 5. The molecule has 4 aromatic rings. The molecular weight excluding hydrogens is 473 g/mol. The van der Waals surface area contributed by atoms with Gasteiger partial charge in [0.1, 0.15) is 11.4 Å². The number of carbonyl (C=O) groups excluding carboxylic acids is 1. The summed E-state index contributed by atoms with van der Waals surface area (Å²) in [6, 6.07) is 15.3. The van der Waals surface area contributed by atoms with E-state index in [0.29, 0.717) is 28.5 Å². The van der Waals surface area contributed by atoms with Crippen molar-refractivity contribution in [3.63, 3.8) is 0 Å². The van der Waals surface area contributed by atoms with Crippen LogP contribution in [0.4, 0.5) is 4.39 Å². The van der Waals surface area contributed by atoms with Crippen molar-refractivity contribution in [1.82, 2.24) is 4.90 Å². The van der Waals surface area contributed by atoms with Crippen LogP contribution in [0.25, 0.3) is 11.0 Å². The quantitative estimate of drug-likeness (QED) is 0.360. The van der Waals surface area contributed by atoms with Crippen LogP contribution in [0.5, 0.6) is 11.5 Å². The minimum Gasteiger partial charge on any atom is -0.493 e. The fraction of sp³-hybridized carbons (Fsp3) is 0.185. The molecule has 0 bridgehead atoms. The highest BCUT2D eigenvalue weighted by molar-refractivity contribution is 6.31. The smallest absolute Gasteiger partial charge is 0.290 e. The molecule has 0 unspecified atom stereocenters. The average molecular weight is 494 g/mol. The molecule has 178 valence electrons. The van der Waals surface area contributed by atoms with Crippen molar-refractivity contribution >= 4 is 28.5 Å². The summed E-state index contributed by atoms with van der Waals surface area (Å²) in [6.45, 7) is 0.289. The standard InChI is InChI=1S/C27H21ClFNO5/c1-33-21-9-3-15(13-22(21)34-2)11-12-30-24(16-4-7-18(29)8-5-16)23-25(31)19-14-17(28)6-10-20(19)35-26(23)27(30)32/h3-10,13-14,24H,11-12H2,1-2H3/t24-/m0/s1. The molecule has 1 aromatic heterocycles. The number of amides is 1. The van der Waals surface area contributed by atoms with Crippen molar-refractivity contribution in [3.05, 3.63) is 104 Å². The molecule has 0 spiro atoms. The van der Waals surface area contributed by atoms with Gasteiger partial charge in [-0.15, -0.1) is 0 Å². The lowest BCUT2D eigenvalue weighted by Gasteiger charge is -2.25. The van der Waals surface area contributed by atoms with Gasteiger partial charge in [-0.3, -0.25) is 9.59 Å². The predicted molar refractivity (Wildman–Crippen MR) is 130 cm³/mol. The zero-order valence-electron chi connectivity index (χ0n) is 19.0. The Kier molecular flexibility index (Phi) is 5.94. The van der Waals surface area contributed by atoms with E-state index in [2.05, 4.69) is 0 Å². The van der Waals surface area contributed by atoms with Gasteiger partial charge in [0.05, 0.1) is 31.2 Å². The lowest BCUT2D eigenvalue weighted by Crippen LogP contribution is -2.31. The molecule has 0 N–H and O–H groups in total. The van der Waals surface area contributed by atoms with Gasteiger partial charge in [0.15, 0.2) is 16.9 Å². The molecule has 0 saturated heterocycles. The van der Waals surface area contributed by atoms with Crippen LogP contribution in [-0.4, -0.2) is 31.6 Å². The Morgan fingerprint density at radius 1 is 0.971 bits per heavy atom. The molecular formula is C27H21ClFNO5. The van der Waals surface area contributed by atoms with Gasteiger partial charge in [0.25, 0.3) is 5.91 Å². The summed E-state index contributed by atoms with van der Waals surface area (Å²) in [5.74, 6) is 0.365. The summed E-state index contributed by atoms with van der Waals surface area (Å²) in [6.07, 6.45) is 0.483. The summed E-state index contributed by atoms with van der Waals surface area (Å²) < 4.78 is 30.3. The van der Waals surface area contributed by atoms with E-state index < -0.39 is 17.8 Å². The SMILES string of the molecule is COc1ccc(CCN2C(=O)c3oc4ccc(Cl)cc4c(=O)c3[C@@H]2c2ccc(F)cc2)cc1OC. The largest absolute Gasteiger partial charge is 0.493 e. The Labute approximate surface area is 205 Å². The molecule has 35 heavy (non-hydrogen) atoms. The summed E-state index contributed by atoms with van der Waals surface area (Å²) in [4.78, 5) is 28.6. The van der Waals surface area contributed by atoms with Gasteiger partial charge in [0.2, 0.25) is 5.76 Å². The minimum absolute atomic E-state index is 0.00791. The highest BCUT2D eigenvalue weighted by Crippen LogP contribution is 2.39. The first-order chi connectivity index (χ1) is 16.9. The molecule has 3 aromatic carbocycles. The maximum absolute atomic E-state index is 13.7. The van der Waals surface area contributed by atoms with Crippen LogP contribution in [0.3, 0.4) is 0 Å². The average Bonchev–Trinajstić information content (AvgIpc) is 3.15. The zero-order chi connectivity index (χ0) is 24.7. The van der Waals surface area contributed by atoms with Gasteiger partial charge in [0, 0.05) is 11.6 Å². The first-order valence-corrected chi connectivity index (χ1v) is 11.3. The molecule has 0 radical (unpaired) electrons. The van der Waals surface area contributed by atoms with Gasteiger partial charge < -0.3 is 18.8 Å². The van der Waals surface area contributed by atoms with Gasteiger partial charge >= 0.3 is 0 Å². The number of fused-ring (bicyclic) bond motifs is 2. The molecule has 1 amide bonds. The third kappa shape index (κ3) is 4.02. The number of carbonyl (C=O) groups is 1. The van der Waals surface area contributed by atoms with Crippen molar-refractivity contribution in [3.8, 4) is 11.5 Å². The van der Waals surface area contributed by atoms with Gasteiger partial charge in [-0.2, -0.15) is 0 Å². The normalized spacial score (nSPS) is 14.9. The summed E-state index contributed by atoms with van der Waals surface area (Å²) in [7, 11) is 3.12. The number of benzene rings is 3. The van der Waals surface area contributed by atoms with E-state index in [-0.39, 0.29) is 34.3 Å². The number of halogens is 2. The van der Waals surface area contributed by atoms with Crippen molar-refractivity contribution < 1.29 is 23.1 Å². The van der Waals surface area contributed by atoms with Gasteiger partial charge in [-0.1, -0.05) is 29.8 Å². The van der Waals surface area contributed by atoms with Gasteiger partial charge in [-0.05, 0) is 60.0 Å². The number of rotatable bonds is 6. The summed E-state index contributed by atoms with van der Waals surface area (Å²) >= 11 is 6.11. The number of nitrogens with zero attached hydrogens (tertiary/aromatic N) is 1. The molecule has 1 aliphatic rings. The van der Waals surface area contributed by atoms with Crippen LogP contribution in [0, 0.1) is 5.82 Å². The Morgan fingerprint density at radius 3 is 2.43 bits per heavy atom. The molecule has 2 heterocycles. The highest BCUT2D eigenvalue weighted by Gasteiger charge is 2.42. The topological polar surface area (TPSA) is 69.0 Å². The predicted octanol–water partition coefficient (Wildman–Crippen LogP) is 5.39. The van der Waals surface area contributed by atoms with Crippen molar-refractivity contribution in [2.75, 3.05) is 20.8 Å². The Morgan fingerprint density at radius 2 is 1.71 bits per heavy atom. The fourth-order valence-corrected chi connectivity index (χ4v) is 4.67. The fourth-order valence-electron chi connectivity index (χ4n) is 4.50. The first kappa shape index (κ1) is 22.9. The van der Waals surface area contributed by atoms with Crippen LogP contribution in [-0.2, 0) is 6.42 Å². The molecule has 0 saturated carbocycles. The van der Waals surface area contributed by atoms with Crippen LogP contribution in [0.15, 0.2) is 69.9 Å². The maximum Gasteiger partial charge on any atom is 0.290 e. The summed E-state index contributed by atoms with van der Waals surface area (Å²) in [5.41, 5.74) is 1.70. The Bertz CT molecular complexity index is 1500. The van der Waals surface area contributed by atoms with E-state index in [9.17, 15) is 14.0 Å². The van der Waals surface area contributed by atoms with Gasteiger partial charge in [-0.25, -0.2) is 4.39 Å². The van der Waals surface area contributed by atoms with Crippen LogP contribution < -0.4 is 14.9 Å². The van der Waals surface area contributed by atoms with Crippen molar-refractivity contribution in [1.29, 1.82) is 0 Å². The van der Waals surface area contributed by atoms with E-state index >= 15 is 0 Å².